The lowest BCUT2D eigenvalue weighted by Gasteiger charge is -2.15. The van der Waals surface area contributed by atoms with Crippen LogP contribution in [0.4, 0.5) is 0 Å². The van der Waals surface area contributed by atoms with Crippen molar-refractivity contribution in [2.45, 2.75) is 38.1 Å². The summed E-state index contributed by atoms with van der Waals surface area (Å²) in [5.41, 5.74) is 1.41. The lowest BCUT2D eigenvalue weighted by molar-refractivity contribution is 0.0937. The number of aromatic nitrogens is 1. The van der Waals surface area contributed by atoms with Gasteiger partial charge < -0.3 is 5.32 Å². The highest BCUT2D eigenvalue weighted by Crippen LogP contribution is 2.08. The molecule has 0 saturated carbocycles. The van der Waals surface area contributed by atoms with E-state index in [0.717, 1.165) is 12.1 Å². The van der Waals surface area contributed by atoms with Crippen molar-refractivity contribution >= 4 is 21.8 Å². The third kappa shape index (κ3) is 3.93. The van der Waals surface area contributed by atoms with E-state index in [0.29, 0.717) is 10.4 Å². The maximum atomic E-state index is 11.9. The Hall–Kier alpha value is -0.900. The number of pyridine rings is 1. The van der Waals surface area contributed by atoms with Crippen molar-refractivity contribution in [2.75, 3.05) is 0 Å². The average molecular weight is 285 g/mol. The van der Waals surface area contributed by atoms with E-state index in [-0.39, 0.29) is 11.9 Å². The number of rotatable bonds is 4. The van der Waals surface area contributed by atoms with Crippen LogP contribution >= 0.6 is 15.9 Å². The first-order chi connectivity index (χ1) is 7.50. The molecule has 88 valence electrons. The second-order valence-electron chi connectivity index (χ2n) is 4.03. The molecule has 4 heteroatoms. The highest BCUT2D eigenvalue weighted by molar-refractivity contribution is 9.09. The van der Waals surface area contributed by atoms with Crippen molar-refractivity contribution in [1.82, 2.24) is 10.3 Å². The van der Waals surface area contributed by atoms with E-state index in [9.17, 15) is 4.79 Å². The molecule has 16 heavy (non-hydrogen) atoms. The third-order valence-electron chi connectivity index (χ3n) is 2.31. The smallest absolute Gasteiger partial charge is 0.253 e. The molecule has 1 heterocycles. The second-order valence-corrected chi connectivity index (χ2v) is 5.59. The van der Waals surface area contributed by atoms with Crippen LogP contribution in [0.25, 0.3) is 0 Å². The summed E-state index contributed by atoms with van der Waals surface area (Å²) in [6, 6.07) is 3.73. The molecule has 1 aromatic rings. The molecule has 0 aromatic carbocycles. The maximum absolute atomic E-state index is 11.9. The standard InChI is InChI=1S/C12H17BrN2O/c1-8(13)7-9(2)15-12(16)11-5-4-6-14-10(11)3/h4-6,8-9H,7H2,1-3H3,(H,15,16). The number of hydrogen-bond donors (Lipinski definition) is 1. The molecule has 1 N–H and O–H groups in total. The minimum absolute atomic E-state index is 0.0498. The van der Waals surface area contributed by atoms with Gasteiger partial charge in [0.05, 0.1) is 5.56 Å². The zero-order chi connectivity index (χ0) is 12.1. The summed E-state index contributed by atoms with van der Waals surface area (Å²) in [7, 11) is 0. The van der Waals surface area contributed by atoms with E-state index in [4.69, 9.17) is 0 Å². The van der Waals surface area contributed by atoms with E-state index in [2.05, 4.69) is 33.2 Å². The summed E-state index contributed by atoms with van der Waals surface area (Å²) in [5, 5.41) is 2.96. The van der Waals surface area contributed by atoms with Crippen LogP contribution in [0, 0.1) is 6.92 Å². The molecule has 2 unspecified atom stereocenters. The number of amides is 1. The van der Waals surface area contributed by atoms with Crippen molar-refractivity contribution in [1.29, 1.82) is 0 Å². The van der Waals surface area contributed by atoms with Gasteiger partial charge in [0, 0.05) is 22.8 Å². The van der Waals surface area contributed by atoms with Crippen molar-refractivity contribution in [3.63, 3.8) is 0 Å². The number of halogens is 1. The van der Waals surface area contributed by atoms with Crippen molar-refractivity contribution in [3.8, 4) is 0 Å². The van der Waals surface area contributed by atoms with Crippen LogP contribution in [-0.2, 0) is 0 Å². The van der Waals surface area contributed by atoms with Gasteiger partial charge in [-0.05, 0) is 32.4 Å². The van der Waals surface area contributed by atoms with E-state index in [1.165, 1.54) is 0 Å². The summed E-state index contributed by atoms with van der Waals surface area (Å²) in [5.74, 6) is -0.0498. The summed E-state index contributed by atoms with van der Waals surface area (Å²) < 4.78 is 0. The Morgan fingerprint density at radius 1 is 1.56 bits per heavy atom. The molecular weight excluding hydrogens is 268 g/mol. The van der Waals surface area contributed by atoms with Gasteiger partial charge in [-0.15, -0.1) is 0 Å². The fourth-order valence-corrected chi connectivity index (χ4v) is 2.13. The molecule has 1 rings (SSSR count). The van der Waals surface area contributed by atoms with E-state index in [1.807, 2.05) is 13.8 Å². The van der Waals surface area contributed by atoms with Crippen LogP contribution in [-0.4, -0.2) is 21.8 Å². The summed E-state index contributed by atoms with van der Waals surface area (Å²) in [6.45, 7) is 5.91. The topological polar surface area (TPSA) is 42.0 Å². The van der Waals surface area contributed by atoms with Gasteiger partial charge in [0.1, 0.15) is 0 Å². The Bertz CT molecular complexity index is 366. The molecule has 1 aromatic heterocycles. The molecule has 0 aliphatic rings. The molecule has 0 bridgehead atoms. The Balaban J connectivity index is 2.63. The zero-order valence-electron chi connectivity index (χ0n) is 9.83. The Morgan fingerprint density at radius 3 is 2.81 bits per heavy atom. The summed E-state index contributed by atoms with van der Waals surface area (Å²) >= 11 is 3.47. The molecule has 2 atom stereocenters. The number of nitrogens with zero attached hydrogens (tertiary/aromatic N) is 1. The number of carbonyl (C=O) groups excluding carboxylic acids is 1. The fraction of sp³-hybridized carbons (Fsp3) is 0.500. The van der Waals surface area contributed by atoms with Gasteiger partial charge in [0.25, 0.3) is 5.91 Å². The molecular formula is C12H17BrN2O. The van der Waals surface area contributed by atoms with Crippen molar-refractivity contribution in [3.05, 3.63) is 29.6 Å². The van der Waals surface area contributed by atoms with Crippen LogP contribution in [0.1, 0.15) is 36.3 Å². The molecule has 0 spiro atoms. The predicted molar refractivity (Wildman–Crippen MR) is 68.9 cm³/mol. The average Bonchev–Trinajstić information content (AvgIpc) is 2.16. The first kappa shape index (κ1) is 13.2. The van der Waals surface area contributed by atoms with Gasteiger partial charge in [-0.1, -0.05) is 22.9 Å². The first-order valence-electron chi connectivity index (χ1n) is 5.37. The van der Waals surface area contributed by atoms with E-state index in [1.54, 1.807) is 18.3 Å². The van der Waals surface area contributed by atoms with Crippen LogP contribution in [0.15, 0.2) is 18.3 Å². The lowest BCUT2D eigenvalue weighted by atomic mass is 10.1. The number of alkyl halides is 1. The van der Waals surface area contributed by atoms with Gasteiger partial charge in [-0.3, -0.25) is 9.78 Å². The van der Waals surface area contributed by atoms with E-state index < -0.39 is 0 Å². The van der Waals surface area contributed by atoms with Crippen molar-refractivity contribution < 1.29 is 4.79 Å². The molecule has 0 saturated heterocycles. The van der Waals surface area contributed by atoms with Gasteiger partial charge in [0.2, 0.25) is 0 Å². The molecule has 0 aliphatic heterocycles. The van der Waals surface area contributed by atoms with Crippen LogP contribution in [0.3, 0.4) is 0 Å². The Labute approximate surface area is 105 Å². The number of aryl methyl sites for hydroxylation is 1. The number of carbonyl (C=O) groups is 1. The van der Waals surface area contributed by atoms with Crippen LogP contribution in [0.2, 0.25) is 0 Å². The molecule has 1 amide bonds. The second kappa shape index (κ2) is 5.99. The summed E-state index contributed by atoms with van der Waals surface area (Å²) in [4.78, 5) is 16.4. The Morgan fingerprint density at radius 2 is 2.25 bits per heavy atom. The largest absolute Gasteiger partial charge is 0.349 e. The third-order valence-corrected chi connectivity index (χ3v) is 2.68. The number of hydrogen-bond acceptors (Lipinski definition) is 2. The normalized spacial score (nSPS) is 14.2. The van der Waals surface area contributed by atoms with Gasteiger partial charge in [0.15, 0.2) is 0 Å². The monoisotopic (exact) mass is 284 g/mol. The van der Waals surface area contributed by atoms with Crippen LogP contribution in [0.5, 0.6) is 0 Å². The minimum Gasteiger partial charge on any atom is -0.349 e. The maximum Gasteiger partial charge on any atom is 0.253 e. The highest BCUT2D eigenvalue weighted by Gasteiger charge is 2.13. The fourth-order valence-electron chi connectivity index (χ4n) is 1.57. The van der Waals surface area contributed by atoms with E-state index >= 15 is 0 Å². The van der Waals surface area contributed by atoms with Crippen LogP contribution < -0.4 is 5.32 Å². The van der Waals surface area contributed by atoms with Gasteiger partial charge >= 0.3 is 0 Å². The molecule has 0 aliphatic carbocycles. The highest BCUT2D eigenvalue weighted by atomic mass is 79.9. The SMILES string of the molecule is Cc1ncccc1C(=O)NC(C)CC(C)Br. The van der Waals surface area contributed by atoms with Gasteiger partial charge in [-0.2, -0.15) is 0 Å². The minimum atomic E-state index is -0.0498. The van der Waals surface area contributed by atoms with Gasteiger partial charge in [-0.25, -0.2) is 0 Å². The molecule has 0 fully saturated rings. The summed E-state index contributed by atoms with van der Waals surface area (Å²) in [6.07, 6.45) is 2.60. The quantitative estimate of drug-likeness (QED) is 0.864. The first-order valence-corrected chi connectivity index (χ1v) is 6.29. The number of nitrogens with one attached hydrogen (secondary N) is 1. The zero-order valence-corrected chi connectivity index (χ0v) is 11.4. The molecule has 3 nitrogen and oxygen atoms in total. The lowest BCUT2D eigenvalue weighted by Crippen LogP contribution is -2.34. The Kier molecular flexibility index (Phi) is 4.93. The molecule has 0 radical (unpaired) electrons. The van der Waals surface area contributed by atoms with Crippen molar-refractivity contribution in [2.24, 2.45) is 0 Å². The predicted octanol–water partition coefficient (Wildman–Crippen LogP) is 2.68.